The lowest BCUT2D eigenvalue weighted by molar-refractivity contribution is 0.256. The van der Waals surface area contributed by atoms with Gasteiger partial charge in [-0.1, -0.05) is 0 Å². The van der Waals surface area contributed by atoms with Gasteiger partial charge in [0.25, 0.3) is 6.02 Å². The quantitative estimate of drug-likeness (QED) is 0.606. The van der Waals surface area contributed by atoms with Gasteiger partial charge in [0.1, 0.15) is 0 Å². The van der Waals surface area contributed by atoms with E-state index in [2.05, 4.69) is 15.6 Å². The second kappa shape index (κ2) is 4.46. The summed E-state index contributed by atoms with van der Waals surface area (Å²) in [7, 11) is 0. The molecule has 0 bridgehead atoms. The van der Waals surface area contributed by atoms with Crippen LogP contribution in [0.1, 0.15) is 19.3 Å². The average Bonchev–Trinajstić information content (AvgIpc) is 2.21. The van der Waals surface area contributed by atoms with Crippen LogP contribution in [0.4, 0.5) is 0 Å². The van der Waals surface area contributed by atoms with Crippen molar-refractivity contribution in [3.8, 4) is 0 Å². The zero-order valence-electron chi connectivity index (χ0n) is 7.88. The molecule has 4 nitrogen and oxygen atoms in total. The SMILES string of the molecule is C1CN=C(NC2CCNCC2)OC1. The molecular formula is C9H17N3O. The molecule has 0 aliphatic carbocycles. The summed E-state index contributed by atoms with van der Waals surface area (Å²) < 4.78 is 5.40. The number of hydrogen-bond donors (Lipinski definition) is 2. The van der Waals surface area contributed by atoms with Crippen LogP contribution in [0.3, 0.4) is 0 Å². The van der Waals surface area contributed by atoms with Gasteiger partial charge in [-0.2, -0.15) is 0 Å². The van der Waals surface area contributed by atoms with Gasteiger partial charge in [-0.25, -0.2) is 4.99 Å². The molecule has 0 unspecified atom stereocenters. The highest BCUT2D eigenvalue weighted by molar-refractivity contribution is 5.74. The summed E-state index contributed by atoms with van der Waals surface area (Å²) in [6.45, 7) is 3.93. The summed E-state index contributed by atoms with van der Waals surface area (Å²) in [4.78, 5) is 4.29. The van der Waals surface area contributed by atoms with E-state index in [4.69, 9.17) is 4.74 Å². The van der Waals surface area contributed by atoms with E-state index in [0.29, 0.717) is 6.04 Å². The molecule has 0 amide bonds. The second-order valence-electron chi connectivity index (χ2n) is 3.56. The molecule has 0 atom stereocenters. The lowest BCUT2D eigenvalue weighted by atomic mass is 10.1. The topological polar surface area (TPSA) is 45.7 Å². The summed E-state index contributed by atoms with van der Waals surface area (Å²) in [5, 5.41) is 6.68. The predicted molar refractivity (Wildman–Crippen MR) is 51.9 cm³/mol. The van der Waals surface area contributed by atoms with Crippen molar-refractivity contribution >= 4 is 6.02 Å². The Hall–Kier alpha value is -0.770. The van der Waals surface area contributed by atoms with E-state index < -0.39 is 0 Å². The van der Waals surface area contributed by atoms with Crippen molar-refractivity contribution < 1.29 is 4.74 Å². The van der Waals surface area contributed by atoms with Gasteiger partial charge in [-0.15, -0.1) is 0 Å². The minimum Gasteiger partial charge on any atom is -0.465 e. The van der Waals surface area contributed by atoms with Crippen molar-refractivity contribution in [2.24, 2.45) is 4.99 Å². The number of amidine groups is 1. The summed E-state index contributed by atoms with van der Waals surface area (Å²) in [6, 6.07) is 1.32. The monoisotopic (exact) mass is 183 g/mol. The number of aliphatic imine (C=N–C) groups is 1. The van der Waals surface area contributed by atoms with Crippen LogP contribution in [0, 0.1) is 0 Å². The van der Waals surface area contributed by atoms with Crippen LogP contribution < -0.4 is 10.6 Å². The fourth-order valence-electron chi connectivity index (χ4n) is 1.69. The fraction of sp³-hybridized carbons (Fsp3) is 0.889. The number of nitrogens with one attached hydrogen (secondary N) is 2. The van der Waals surface area contributed by atoms with Crippen LogP contribution in [0.5, 0.6) is 0 Å². The smallest absolute Gasteiger partial charge is 0.284 e. The van der Waals surface area contributed by atoms with Crippen molar-refractivity contribution in [3.05, 3.63) is 0 Å². The largest absolute Gasteiger partial charge is 0.465 e. The Balaban J connectivity index is 1.78. The number of nitrogens with zero attached hydrogens (tertiary/aromatic N) is 1. The lowest BCUT2D eigenvalue weighted by Gasteiger charge is -2.26. The van der Waals surface area contributed by atoms with Gasteiger partial charge in [0.05, 0.1) is 6.61 Å². The summed E-state index contributed by atoms with van der Waals surface area (Å²) in [5.74, 6) is 0. The fourth-order valence-corrected chi connectivity index (χ4v) is 1.69. The molecule has 0 radical (unpaired) electrons. The predicted octanol–water partition coefficient (Wildman–Crippen LogP) is 0.104. The average molecular weight is 183 g/mol. The molecule has 0 aromatic heterocycles. The summed E-state index contributed by atoms with van der Waals surface area (Å²) in [6.07, 6.45) is 3.39. The molecule has 0 aromatic carbocycles. The van der Waals surface area contributed by atoms with Gasteiger partial charge in [-0.3, -0.25) is 0 Å². The van der Waals surface area contributed by atoms with Gasteiger partial charge in [-0.05, 0) is 25.9 Å². The van der Waals surface area contributed by atoms with E-state index in [1.165, 1.54) is 12.8 Å². The standard InChI is InChI=1S/C9H17N3O/c1-4-11-9(13-7-1)12-8-2-5-10-6-3-8/h8,10H,1-7H2,(H,11,12). The number of rotatable bonds is 1. The Morgan fingerprint density at radius 2 is 2.23 bits per heavy atom. The van der Waals surface area contributed by atoms with Gasteiger partial charge in [0.2, 0.25) is 0 Å². The number of hydrogen-bond acceptors (Lipinski definition) is 4. The van der Waals surface area contributed by atoms with E-state index in [-0.39, 0.29) is 0 Å². The second-order valence-corrected chi connectivity index (χ2v) is 3.56. The van der Waals surface area contributed by atoms with Crippen LogP contribution in [0.15, 0.2) is 4.99 Å². The van der Waals surface area contributed by atoms with Crippen molar-refractivity contribution in [3.63, 3.8) is 0 Å². The Bertz CT molecular complexity index is 187. The van der Waals surface area contributed by atoms with E-state index >= 15 is 0 Å². The third-order valence-corrected chi connectivity index (χ3v) is 2.46. The summed E-state index contributed by atoms with van der Waals surface area (Å²) >= 11 is 0. The third-order valence-electron chi connectivity index (χ3n) is 2.46. The van der Waals surface area contributed by atoms with Crippen LogP contribution in [0.2, 0.25) is 0 Å². The van der Waals surface area contributed by atoms with Crippen molar-refractivity contribution in [1.82, 2.24) is 10.6 Å². The first-order valence-electron chi connectivity index (χ1n) is 5.09. The molecule has 1 saturated heterocycles. The first-order chi connectivity index (χ1) is 6.45. The van der Waals surface area contributed by atoms with E-state index in [1.807, 2.05) is 0 Å². The Morgan fingerprint density at radius 1 is 1.38 bits per heavy atom. The van der Waals surface area contributed by atoms with Crippen molar-refractivity contribution in [2.45, 2.75) is 25.3 Å². The molecule has 2 N–H and O–H groups in total. The van der Waals surface area contributed by atoms with Crippen molar-refractivity contribution in [2.75, 3.05) is 26.2 Å². The van der Waals surface area contributed by atoms with Crippen LogP contribution >= 0.6 is 0 Å². The molecule has 2 aliphatic heterocycles. The maximum absolute atomic E-state index is 5.40. The highest BCUT2D eigenvalue weighted by Crippen LogP contribution is 2.03. The lowest BCUT2D eigenvalue weighted by Crippen LogP contribution is -2.44. The molecule has 1 fully saturated rings. The molecule has 0 saturated carbocycles. The zero-order valence-corrected chi connectivity index (χ0v) is 7.88. The Kier molecular flexibility index (Phi) is 3.02. The van der Waals surface area contributed by atoms with Gasteiger partial charge >= 0.3 is 0 Å². The highest BCUT2D eigenvalue weighted by Gasteiger charge is 2.15. The third kappa shape index (κ3) is 2.59. The minimum atomic E-state index is 0.554. The number of ether oxygens (including phenoxy) is 1. The molecule has 0 aromatic rings. The van der Waals surface area contributed by atoms with Gasteiger partial charge in [0, 0.05) is 19.0 Å². The summed E-state index contributed by atoms with van der Waals surface area (Å²) in [5.41, 5.74) is 0. The van der Waals surface area contributed by atoms with E-state index in [9.17, 15) is 0 Å². The van der Waals surface area contributed by atoms with E-state index in [1.54, 1.807) is 0 Å². The Morgan fingerprint density at radius 3 is 2.92 bits per heavy atom. The molecule has 74 valence electrons. The van der Waals surface area contributed by atoms with E-state index in [0.717, 1.165) is 38.7 Å². The zero-order chi connectivity index (χ0) is 8.93. The van der Waals surface area contributed by atoms with Crippen LogP contribution in [0.25, 0.3) is 0 Å². The highest BCUT2D eigenvalue weighted by atomic mass is 16.5. The molecule has 0 spiro atoms. The number of piperidine rings is 1. The molecule has 2 rings (SSSR count). The molecule has 2 aliphatic rings. The molecular weight excluding hydrogens is 166 g/mol. The van der Waals surface area contributed by atoms with Crippen molar-refractivity contribution in [1.29, 1.82) is 0 Å². The molecule has 13 heavy (non-hydrogen) atoms. The normalized spacial score (nSPS) is 24.8. The van der Waals surface area contributed by atoms with Gasteiger partial charge in [0.15, 0.2) is 0 Å². The maximum Gasteiger partial charge on any atom is 0.284 e. The van der Waals surface area contributed by atoms with Gasteiger partial charge < -0.3 is 15.4 Å². The first kappa shape index (κ1) is 8.81. The molecule has 2 heterocycles. The first-order valence-corrected chi connectivity index (χ1v) is 5.09. The van der Waals surface area contributed by atoms with Crippen LogP contribution in [-0.2, 0) is 4.74 Å². The Labute approximate surface area is 78.8 Å². The maximum atomic E-state index is 5.40. The minimum absolute atomic E-state index is 0.554. The molecule has 4 heteroatoms. The van der Waals surface area contributed by atoms with Crippen LogP contribution in [-0.4, -0.2) is 38.3 Å².